The summed E-state index contributed by atoms with van der Waals surface area (Å²) >= 11 is 5.67. The summed E-state index contributed by atoms with van der Waals surface area (Å²) in [5.74, 6) is 0.565. The first-order valence-electron chi connectivity index (χ1n) is 5.55. The van der Waals surface area contributed by atoms with E-state index in [1.54, 1.807) is 0 Å². The number of hydrogen-bond donors (Lipinski definition) is 1. The minimum absolute atomic E-state index is 0.444. The summed E-state index contributed by atoms with van der Waals surface area (Å²) in [7, 11) is 0. The average Bonchev–Trinajstić information content (AvgIpc) is 2.15. The zero-order valence-electron chi connectivity index (χ0n) is 10.4. The molecule has 3 nitrogen and oxygen atoms in total. The molecule has 0 fully saturated rings. The molecular formula is C13H18ClNO2. The molecular weight excluding hydrogens is 238 g/mol. The number of alkyl halides is 1. The van der Waals surface area contributed by atoms with Gasteiger partial charge in [-0.05, 0) is 44.9 Å². The molecule has 0 aromatic heterocycles. The first-order valence-corrected chi connectivity index (χ1v) is 6.09. The van der Waals surface area contributed by atoms with E-state index in [0.29, 0.717) is 5.88 Å². The summed E-state index contributed by atoms with van der Waals surface area (Å²) in [6.07, 6.45) is 0.339. The number of ether oxygens (including phenoxy) is 1. The first-order chi connectivity index (χ1) is 7.90. The maximum Gasteiger partial charge on any atom is 0.412 e. The summed E-state index contributed by atoms with van der Waals surface area (Å²) in [4.78, 5) is 11.5. The van der Waals surface area contributed by atoms with Gasteiger partial charge < -0.3 is 4.74 Å². The number of hydrogen-bond acceptors (Lipinski definition) is 2. The molecule has 0 aliphatic carbocycles. The Labute approximate surface area is 107 Å². The second-order valence-corrected chi connectivity index (χ2v) is 5.14. The fourth-order valence-electron chi connectivity index (χ4n) is 1.34. The van der Waals surface area contributed by atoms with Crippen LogP contribution in [0.5, 0.6) is 0 Å². The molecule has 1 rings (SSSR count). The Balaban J connectivity index is 2.62. The van der Waals surface area contributed by atoms with Crippen molar-refractivity contribution in [3.63, 3.8) is 0 Å². The minimum atomic E-state index is -0.488. The molecule has 0 spiro atoms. The maximum absolute atomic E-state index is 11.5. The van der Waals surface area contributed by atoms with Crippen molar-refractivity contribution in [2.45, 2.75) is 32.8 Å². The summed E-state index contributed by atoms with van der Waals surface area (Å²) in [6.45, 7) is 5.49. The molecule has 0 aliphatic rings. The average molecular weight is 256 g/mol. The number of benzene rings is 1. The molecule has 0 heterocycles. The number of nitrogens with one attached hydrogen (secondary N) is 1. The Hall–Kier alpha value is -1.22. The highest BCUT2D eigenvalue weighted by Gasteiger charge is 2.16. The number of amides is 1. The predicted octanol–water partition coefficient (Wildman–Crippen LogP) is 3.81. The number of aryl methyl sites for hydroxylation is 1. The zero-order valence-corrected chi connectivity index (χ0v) is 11.2. The molecule has 0 aliphatic heterocycles. The highest BCUT2D eigenvalue weighted by Crippen LogP contribution is 2.14. The van der Waals surface area contributed by atoms with E-state index < -0.39 is 11.7 Å². The van der Waals surface area contributed by atoms with Crippen molar-refractivity contribution in [2.24, 2.45) is 0 Å². The second-order valence-electron chi connectivity index (χ2n) is 4.77. The van der Waals surface area contributed by atoms with E-state index in [1.165, 1.54) is 0 Å². The van der Waals surface area contributed by atoms with E-state index in [4.69, 9.17) is 16.3 Å². The van der Waals surface area contributed by atoms with E-state index in [-0.39, 0.29) is 0 Å². The van der Waals surface area contributed by atoms with Crippen LogP contribution in [0.25, 0.3) is 0 Å². The van der Waals surface area contributed by atoms with Gasteiger partial charge in [-0.1, -0.05) is 12.1 Å². The Kier molecular flexibility index (Phi) is 4.82. The predicted molar refractivity (Wildman–Crippen MR) is 70.7 cm³/mol. The molecule has 0 radical (unpaired) electrons. The minimum Gasteiger partial charge on any atom is -0.444 e. The van der Waals surface area contributed by atoms with Crippen molar-refractivity contribution in [1.82, 2.24) is 0 Å². The van der Waals surface area contributed by atoms with Gasteiger partial charge in [-0.25, -0.2) is 4.79 Å². The molecule has 1 amide bonds. The van der Waals surface area contributed by atoms with Gasteiger partial charge in [0.2, 0.25) is 0 Å². The third-order valence-electron chi connectivity index (χ3n) is 1.96. The Morgan fingerprint density at radius 2 is 2.12 bits per heavy atom. The van der Waals surface area contributed by atoms with E-state index in [9.17, 15) is 4.79 Å². The topological polar surface area (TPSA) is 38.3 Å². The molecule has 0 saturated heterocycles. The van der Waals surface area contributed by atoms with Crippen LogP contribution in [-0.2, 0) is 11.2 Å². The highest BCUT2D eigenvalue weighted by atomic mass is 35.5. The van der Waals surface area contributed by atoms with Crippen LogP contribution in [0.15, 0.2) is 24.3 Å². The Bertz CT molecular complexity index is 385. The standard InChI is InChI=1S/C13H18ClNO2/c1-13(2,3)17-12(16)15-11-6-4-5-10(9-11)7-8-14/h4-6,9H,7-8H2,1-3H3,(H,15,16). The normalized spacial score (nSPS) is 11.1. The van der Waals surface area contributed by atoms with Crippen LogP contribution < -0.4 is 5.32 Å². The summed E-state index contributed by atoms with van der Waals surface area (Å²) in [6, 6.07) is 7.57. The Morgan fingerprint density at radius 1 is 1.41 bits per heavy atom. The monoisotopic (exact) mass is 255 g/mol. The lowest BCUT2D eigenvalue weighted by molar-refractivity contribution is 0.0636. The lowest BCUT2D eigenvalue weighted by Gasteiger charge is -2.19. The van der Waals surface area contributed by atoms with Crippen LogP contribution in [0, 0.1) is 0 Å². The van der Waals surface area contributed by atoms with Crippen molar-refractivity contribution < 1.29 is 9.53 Å². The number of halogens is 1. The fourth-order valence-corrected chi connectivity index (χ4v) is 1.55. The van der Waals surface area contributed by atoms with E-state index in [2.05, 4.69) is 5.32 Å². The lowest BCUT2D eigenvalue weighted by atomic mass is 10.1. The van der Waals surface area contributed by atoms with Crippen molar-refractivity contribution in [1.29, 1.82) is 0 Å². The van der Waals surface area contributed by atoms with Crippen molar-refractivity contribution in [3.8, 4) is 0 Å². The van der Waals surface area contributed by atoms with E-state index in [1.807, 2.05) is 45.0 Å². The van der Waals surface area contributed by atoms with Crippen LogP contribution in [0.2, 0.25) is 0 Å². The summed E-state index contributed by atoms with van der Waals surface area (Å²) in [5.41, 5.74) is 1.33. The summed E-state index contributed by atoms with van der Waals surface area (Å²) < 4.78 is 5.17. The first kappa shape index (κ1) is 13.8. The van der Waals surface area contributed by atoms with Gasteiger partial charge in [0, 0.05) is 11.6 Å². The molecule has 1 N–H and O–H groups in total. The van der Waals surface area contributed by atoms with Crippen LogP contribution >= 0.6 is 11.6 Å². The second kappa shape index (κ2) is 5.92. The quantitative estimate of drug-likeness (QED) is 0.834. The Morgan fingerprint density at radius 3 is 2.71 bits per heavy atom. The van der Waals surface area contributed by atoms with Gasteiger partial charge in [0.15, 0.2) is 0 Å². The lowest BCUT2D eigenvalue weighted by Crippen LogP contribution is -2.27. The molecule has 94 valence electrons. The molecule has 0 atom stereocenters. The van der Waals surface area contributed by atoms with Crippen LogP contribution in [-0.4, -0.2) is 17.6 Å². The van der Waals surface area contributed by atoms with Gasteiger partial charge >= 0.3 is 6.09 Å². The van der Waals surface area contributed by atoms with Gasteiger partial charge in [0.25, 0.3) is 0 Å². The van der Waals surface area contributed by atoms with Crippen LogP contribution in [0.1, 0.15) is 26.3 Å². The van der Waals surface area contributed by atoms with Crippen LogP contribution in [0.4, 0.5) is 10.5 Å². The van der Waals surface area contributed by atoms with E-state index in [0.717, 1.165) is 17.7 Å². The molecule has 0 saturated carbocycles. The van der Waals surface area contributed by atoms with Gasteiger partial charge in [0.05, 0.1) is 0 Å². The third-order valence-corrected chi connectivity index (χ3v) is 2.14. The molecule has 1 aromatic rings. The molecule has 0 unspecified atom stereocenters. The van der Waals surface area contributed by atoms with Gasteiger partial charge in [-0.15, -0.1) is 11.6 Å². The number of carbonyl (C=O) groups is 1. The zero-order chi connectivity index (χ0) is 12.9. The SMILES string of the molecule is CC(C)(C)OC(=O)Nc1cccc(CCCl)c1. The number of rotatable bonds is 3. The van der Waals surface area contributed by atoms with Gasteiger partial charge in [0.1, 0.15) is 5.60 Å². The van der Waals surface area contributed by atoms with Crippen molar-refractivity contribution in [2.75, 3.05) is 11.2 Å². The van der Waals surface area contributed by atoms with Crippen LogP contribution in [0.3, 0.4) is 0 Å². The van der Waals surface area contributed by atoms with E-state index >= 15 is 0 Å². The third kappa shape index (κ3) is 5.59. The maximum atomic E-state index is 11.5. The number of carbonyl (C=O) groups excluding carboxylic acids is 1. The number of anilines is 1. The van der Waals surface area contributed by atoms with Gasteiger partial charge in [-0.2, -0.15) is 0 Å². The van der Waals surface area contributed by atoms with Gasteiger partial charge in [-0.3, -0.25) is 5.32 Å². The molecule has 0 bridgehead atoms. The summed E-state index contributed by atoms with van der Waals surface area (Å²) in [5, 5.41) is 2.69. The molecule has 17 heavy (non-hydrogen) atoms. The fraction of sp³-hybridized carbons (Fsp3) is 0.462. The molecule has 4 heteroatoms. The van der Waals surface area contributed by atoms with Crippen molar-refractivity contribution in [3.05, 3.63) is 29.8 Å². The van der Waals surface area contributed by atoms with Crippen molar-refractivity contribution >= 4 is 23.4 Å². The smallest absolute Gasteiger partial charge is 0.412 e. The highest BCUT2D eigenvalue weighted by molar-refractivity contribution is 6.18. The largest absolute Gasteiger partial charge is 0.444 e. The molecule has 1 aromatic carbocycles.